The summed E-state index contributed by atoms with van der Waals surface area (Å²) >= 11 is 0. The van der Waals surface area contributed by atoms with Crippen LogP contribution in [0, 0.1) is 12.7 Å². The molecule has 72 valence electrons. The van der Waals surface area contributed by atoms with Crippen LogP contribution in [0.1, 0.15) is 5.56 Å². The van der Waals surface area contributed by atoms with Gasteiger partial charge in [0.2, 0.25) is 10.0 Å². The molecule has 0 amide bonds. The molecule has 0 bridgehead atoms. The van der Waals surface area contributed by atoms with Crippen molar-refractivity contribution in [2.45, 2.75) is 11.8 Å². The van der Waals surface area contributed by atoms with E-state index in [0.29, 0.717) is 5.56 Å². The molecule has 1 aromatic carbocycles. The van der Waals surface area contributed by atoms with Gasteiger partial charge in [-0.05, 0) is 37.7 Å². The SMILES string of the molecule is CNS(=O)(=O)c1cc(C)cc(F)c1. The van der Waals surface area contributed by atoms with Crippen molar-refractivity contribution in [2.24, 2.45) is 0 Å². The lowest BCUT2D eigenvalue weighted by Crippen LogP contribution is -2.18. The highest BCUT2D eigenvalue weighted by molar-refractivity contribution is 7.89. The van der Waals surface area contributed by atoms with E-state index >= 15 is 0 Å². The van der Waals surface area contributed by atoms with Crippen molar-refractivity contribution in [1.29, 1.82) is 0 Å². The Morgan fingerprint density at radius 1 is 1.31 bits per heavy atom. The van der Waals surface area contributed by atoms with Crippen LogP contribution >= 0.6 is 0 Å². The summed E-state index contributed by atoms with van der Waals surface area (Å²) in [5, 5.41) is 0. The number of hydrogen-bond acceptors (Lipinski definition) is 2. The molecule has 0 aliphatic rings. The molecule has 1 N–H and O–H groups in total. The van der Waals surface area contributed by atoms with Crippen molar-refractivity contribution >= 4 is 10.0 Å². The molecular weight excluding hydrogens is 193 g/mol. The molecule has 3 nitrogen and oxygen atoms in total. The second-order valence-corrected chi connectivity index (χ2v) is 4.56. The molecule has 0 atom stereocenters. The lowest BCUT2D eigenvalue weighted by molar-refractivity contribution is 0.583. The minimum atomic E-state index is -3.53. The van der Waals surface area contributed by atoms with E-state index in [4.69, 9.17) is 0 Å². The predicted molar refractivity (Wildman–Crippen MR) is 47.4 cm³/mol. The fourth-order valence-corrected chi connectivity index (χ4v) is 1.82. The normalized spacial score (nSPS) is 11.6. The summed E-state index contributed by atoms with van der Waals surface area (Å²) in [6.07, 6.45) is 0. The van der Waals surface area contributed by atoms with E-state index in [9.17, 15) is 12.8 Å². The fourth-order valence-electron chi connectivity index (χ4n) is 0.976. The molecule has 0 aliphatic carbocycles. The van der Waals surface area contributed by atoms with Crippen molar-refractivity contribution < 1.29 is 12.8 Å². The van der Waals surface area contributed by atoms with Crippen molar-refractivity contribution in [3.8, 4) is 0 Å². The quantitative estimate of drug-likeness (QED) is 0.780. The summed E-state index contributed by atoms with van der Waals surface area (Å²) in [5.74, 6) is -0.547. The fraction of sp³-hybridized carbons (Fsp3) is 0.250. The van der Waals surface area contributed by atoms with E-state index in [1.165, 1.54) is 19.2 Å². The molecule has 0 fully saturated rings. The highest BCUT2D eigenvalue weighted by Crippen LogP contribution is 2.12. The highest BCUT2D eigenvalue weighted by Gasteiger charge is 2.12. The summed E-state index contributed by atoms with van der Waals surface area (Å²) in [6, 6.07) is 3.67. The molecule has 0 spiro atoms. The van der Waals surface area contributed by atoms with E-state index in [0.717, 1.165) is 6.07 Å². The number of sulfonamides is 1. The zero-order valence-corrected chi connectivity index (χ0v) is 8.15. The van der Waals surface area contributed by atoms with Crippen LogP contribution in [0.5, 0.6) is 0 Å². The molecule has 5 heteroatoms. The van der Waals surface area contributed by atoms with Gasteiger partial charge in [0.25, 0.3) is 0 Å². The van der Waals surface area contributed by atoms with Crippen LogP contribution in [0.15, 0.2) is 23.1 Å². The van der Waals surface area contributed by atoms with Gasteiger partial charge in [-0.25, -0.2) is 17.5 Å². The smallest absolute Gasteiger partial charge is 0.214 e. The Morgan fingerprint density at radius 3 is 2.38 bits per heavy atom. The third kappa shape index (κ3) is 2.26. The largest absolute Gasteiger partial charge is 0.240 e. The van der Waals surface area contributed by atoms with Crippen LogP contribution in [-0.4, -0.2) is 15.5 Å². The Morgan fingerprint density at radius 2 is 1.92 bits per heavy atom. The van der Waals surface area contributed by atoms with Gasteiger partial charge in [-0.3, -0.25) is 0 Å². The minimum absolute atomic E-state index is 0.0486. The average Bonchev–Trinajstić information content (AvgIpc) is 2.02. The summed E-state index contributed by atoms with van der Waals surface area (Å²) in [6.45, 7) is 1.64. The molecular formula is C8H10FNO2S. The zero-order chi connectivity index (χ0) is 10.1. The first-order valence-corrected chi connectivity index (χ1v) is 5.15. The van der Waals surface area contributed by atoms with E-state index in [1.807, 2.05) is 0 Å². The molecule has 0 aromatic heterocycles. The molecule has 0 radical (unpaired) electrons. The molecule has 0 saturated heterocycles. The van der Waals surface area contributed by atoms with Gasteiger partial charge in [0.1, 0.15) is 5.82 Å². The van der Waals surface area contributed by atoms with Crippen molar-refractivity contribution in [2.75, 3.05) is 7.05 Å². The van der Waals surface area contributed by atoms with Gasteiger partial charge in [0.05, 0.1) is 4.90 Å². The summed E-state index contributed by atoms with van der Waals surface area (Å²) < 4.78 is 37.4. The van der Waals surface area contributed by atoms with Crippen molar-refractivity contribution in [3.63, 3.8) is 0 Å². The average molecular weight is 203 g/mol. The van der Waals surface area contributed by atoms with Gasteiger partial charge in [-0.15, -0.1) is 0 Å². The van der Waals surface area contributed by atoms with Crippen LogP contribution < -0.4 is 4.72 Å². The zero-order valence-electron chi connectivity index (χ0n) is 7.33. The van der Waals surface area contributed by atoms with Crippen LogP contribution in [0.4, 0.5) is 4.39 Å². The van der Waals surface area contributed by atoms with Gasteiger partial charge in [-0.2, -0.15) is 0 Å². The number of aryl methyl sites for hydroxylation is 1. The Bertz CT molecular complexity index is 394. The number of nitrogens with one attached hydrogen (secondary N) is 1. The topological polar surface area (TPSA) is 46.2 Å². The molecule has 0 saturated carbocycles. The van der Waals surface area contributed by atoms with Crippen LogP contribution in [0.3, 0.4) is 0 Å². The summed E-state index contributed by atoms with van der Waals surface area (Å²) in [4.78, 5) is -0.0486. The molecule has 0 aliphatic heterocycles. The number of halogens is 1. The maximum atomic E-state index is 12.8. The van der Waals surface area contributed by atoms with Gasteiger partial charge < -0.3 is 0 Å². The molecule has 0 unspecified atom stereocenters. The Hall–Kier alpha value is -0.940. The van der Waals surface area contributed by atoms with E-state index in [1.54, 1.807) is 6.92 Å². The lowest BCUT2D eigenvalue weighted by Gasteiger charge is -2.03. The Balaban J connectivity index is 3.32. The van der Waals surface area contributed by atoms with E-state index in [2.05, 4.69) is 4.72 Å². The second-order valence-electron chi connectivity index (χ2n) is 2.67. The molecule has 13 heavy (non-hydrogen) atoms. The summed E-state index contributed by atoms with van der Waals surface area (Å²) in [7, 11) is -2.25. The maximum Gasteiger partial charge on any atom is 0.240 e. The standard InChI is InChI=1S/C8H10FNO2S/c1-6-3-7(9)5-8(4-6)13(11,12)10-2/h3-5,10H,1-2H3. The Kier molecular flexibility index (Phi) is 2.68. The van der Waals surface area contributed by atoms with Crippen LogP contribution in [0.25, 0.3) is 0 Å². The van der Waals surface area contributed by atoms with Crippen LogP contribution in [0.2, 0.25) is 0 Å². The number of rotatable bonds is 2. The molecule has 1 aromatic rings. The number of hydrogen-bond donors (Lipinski definition) is 1. The third-order valence-corrected chi connectivity index (χ3v) is 2.99. The minimum Gasteiger partial charge on any atom is -0.214 e. The van der Waals surface area contributed by atoms with Gasteiger partial charge in [0.15, 0.2) is 0 Å². The highest BCUT2D eigenvalue weighted by atomic mass is 32.2. The first kappa shape index (κ1) is 10.1. The molecule has 0 heterocycles. The number of benzene rings is 1. The van der Waals surface area contributed by atoms with Crippen LogP contribution in [-0.2, 0) is 10.0 Å². The summed E-state index contributed by atoms with van der Waals surface area (Å²) in [5.41, 5.74) is 0.578. The van der Waals surface area contributed by atoms with Gasteiger partial charge in [-0.1, -0.05) is 0 Å². The second kappa shape index (κ2) is 3.43. The third-order valence-electron chi connectivity index (χ3n) is 1.59. The van der Waals surface area contributed by atoms with E-state index in [-0.39, 0.29) is 4.90 Å². The first-order valence-electron chi connectivity index (χ1n) is 3.66. The van der Waals surface area contributed by atoms with Crippen molar-refractivity contribution in [3.05, 3.63) is 29.6 Å². The lowest BCUT2D eigenvalue weighted by atomic mass is 10.2. The Labute approximate surface area is 76.6 Å². The molecule has 1 rings (SSSR count). The van der Waals surface area contributed by atoms with E-state index < -0.39 is 15.8 Å². The predicted octanol–water partition coefficient (Wildman–Crippen LogP) is 1.04. The van der Waals surface area contributed by atoms with Gasteiger partial charge >= 0.3 is 0 Å². The monoisotopic (exact) mass is 203 g/mol. The van der Waals surface area contributed by atoms with Gasteiger partial charge in [0, 0.05) is 0 Å². The maximum absolute atomic E-state index is 12.8. The first-order chi connectivity index (χ1) is 5.95. The van der Waals surface area contributed by atoms with Crippen molar-refractivity contribution in [1.82, 2.24) is 4.72 Å².